The number of nitrogen functional groups attached to an aromatic ring is 1. The summed E-state index contributed by atoms with van der Waals surface area (Å²) in [6, 6.07) is 8.75. The van der Waals surface area contributed by atoms with Crippen LogP contribution in [-0.2, 0) is 11.3 Å². The molecule has 1 saturated heterocycles. The minimum Gasteiger partial charge on any atom is -0.486 e. The van der Waals surface area contributed by atoms with Crippen LogP contribution in [0, 0.1) is 5.82 Å². The van der Waals surface area contributed by atoms with Gasteiger partial charge in [0, 0.05) is 54.2 Å². The van der Waals surface area contributed by atoms with E-state index in [4.69, 9.17) is 38.4 Å². The smallest absolute Gasteiger partial charge is 0.130 e. The van der Waals surface area contributed by atoms with E-state index in [1.165, 1.54) is 18.5 Å². The number of nitrogens with two attached hydrogens (primary N) is 1. The fourth-order valence-corrected chi connectivity index (χ4v) is 5.04. The number of anilines is 1. The highest BCUT2D eigenvalue weighted by atomic mass is 35.5. The summed E-state index contributed by atoms with van der Waals surface area (Å²) in [5, 5.41) is 9.06. The second-order valence-electron chi connectivity index (χ2n) is 8.89. The lowest BCUT2D eigenvalue weighted by atomic mass is 10.1. The number of ether oxygens (including phenoxy) is 2. The van der Waals surface area contributed by atoms with Crippen LogP contribution < -0.4 is 10.5 Å². The highest BCUT2D eigenvalue weighted by Crippen LogP contribution is 2.33. The lowest BCUT2D eigenvalue weighted by Crippen LogP contribution is -2.35. The molecule has 0 saturated carbocycles. The minimum atomic E-state index is -0.403. The van der Waals surface area contributed by atoms with Crippen LogP contribution >= 0.6 is 23.2 Å². The third kappa shape index (κ3) is 6.89. The van der Waals surface area contributed by atoms with Gasteiger partial charge in [-0.1, -0.05) is 37.0 Å². The Morgan fingerprint density at radius 2 is 1.85 bits per heavy atom. The van der Waals surface area contributed by atoms with Crippen LogP contribution in [0.2, 0.25) is 10.0 Å². The molecule has 39 heavy (non-hydrogen) atoms. The number of aromatic nitrogens is 3. The molecule has 0 radical (unpaired) electrons. The summed E-state index contributed by atoms with van der Waals surface area (Å²) in [5.74, 6) is 0.278. The van der Waals surface area contributed by atoms with Gasteiger partial charge in [0.25, 0.3) is 0 Å². The number of aromatic amines is 1. The monoisotopic (exact) mass is 571 g/mol. The lowest BCUT2D eigenvalue weighted by Gasteiger charge is -2.27. The van der Waals surface area contributed by atoms with E-state index in [0.29, 0.717) is 58.1 Å². The van der Waals surface area contributed by atoms with E-state index in [-0.39, 0.29) is 5.82 Å². The van der Waals surface area contributed by atoms with E-state index < -0.39 is 6.10 Å². The number of rotatable bonds is 7. The van der Waals surface area contributed by atoms with E-state index in [0.717, 1.165) is 29.6 Å². The van der Waals surface area contributed by atoms with Gasteiger partial charge in [0.05, 0.1) is 34.5 Å². The van der Waals surface area contributed by atoms with E-state index in [1.54, 1.807) is 18.2 Å². The number of hydrogen-bond donors (Lipinski definition) is 2. The summed E-state index contributed by atoms with van der Waals surface area (Å²) in [5.41, 5.74) is 10.1. The normalized spacial score (nSPS) is 14.8. The number of benzene rings is 2. The first-order valence-electron chi connectivity index (χ1n) is 12.9. The van der Waals surface area contributed by atoms with E-state index in [9.17, 15) is 4.39 Å². The zero-order valence-electron chi connectivity index (χ0n) is 22.2. The Morgan fingerprint density at radius 3 is 2.56 bits per heavy atom. The van der Waals surface area contributed by atoms with Crippen LogP contribution in [0.3, 0.4) is 0 Å². The van der Waals surface area contributed by atoms with Crippen LogP contribution in [0.5, 0.6) is 5.75 Å². The van der Waals surface area contributed by atoms with E-state index >= 15 is 0 Å². The summed E-state index contributed by atoms with van der Waals surface area (Å²) in [6.45, 7) is 9.43. The fraction of sp³-hybridized carbons (Fsp3) is 0.310. The Hall–Kier alpha value is -3.17. The molecule has 2 aromatic carbocycles. The summed E-state index contributed by atoms with van der Waals surface area (Å²) in [4.78, 5) is 6.19. The number of fused-ring (bicyclic) bond motifs is 1. The van der Waals surface area contributed by atoms with Gasteiger partial charge in [-0.05, 0) is 55.0 Å². The van der Waals surface area contributed by atoms with Gasteiger partial charge in [-0.15, -0.1) is 0 Å². The summed E-state index contributed by atoms with van der Waals surface area (Å²) >= 11 is 12.6. The SMILES string of the molecule is CC.CC(Oc1ccc2[nH]nc(/C=C/c3cc(N)c(CN4CCOCC4)cc3F)c2c1)c1c(Cl)cncc1Cl. The average molecular weight is 573 g/mol. The number of morpholine rings is 1. The summed E-state index contributed by atoms with van der Waals surface area (Å²) in [6.07, 6.45) is 6.09. The number of pyridine rings is 1. The van der Waals surface area contributed by atoms with Gasteiger partial charge < -0.3 is 15.2 Å². The van der Waals surface area contributed by atoms with Crippen LogP contribution in [0.25, 0.3) is 23.1 Å². The molecule has 7 nitrogen and oxygen atoms in total. The highest BCUT2D eigenvalue weighted by molar-refractivity contribution is 6.35. The van der Waals surface area contributed by atoms with Gasteiger partial charge in [-0.3, -0.25) is 15.0 Å². The number of halogens is 3. The van der Waals surface area contributed by atoms with Crippen LogP contribution in [0.1, 0.15) is 49.3 Å². The molecule has 0 aliphatic carbocycles. The molecular formula is C29H32Cl2FN5O2. The lowest BCUT2D eigenvalue weighted by molar-refractivity contribution is 0.0342. The molecule has 1 fully saturated rings. The molecule has 10 heteroatoms. The Bertz CT molecular complexity index is 1430. The molecule has 1 atom stereocenters. The Kier molecular flexibility index (Phi) is 9.80. The van der Waals surface area contributed by atoms with Crippen molar-refractivity contribution in [2.24, 2.45) is 0 Å². The molecule has 5 rings (SSSR count). The van der Waals surface area contributed by atoms with Gasteiger partial charge in [-0.2, -0.15) is 5.10 Å². The van der Waals surface area contributed by atoms with Crippen molar-refractivity contribution in [3.63, 3.8) is 0 Å². The van der Waals surface area contributed by atoms with Gasteiger partial charge in [0.15, 0.2) is 0 Å². The zero-order chi connectivity index (χ0) is 27.9. The first-order valence-corrected chi connectivity index (χ1v) is 13.6. The second-order valence-corrected chi connectivity index (χ2v) is 9.70. The van der Waals surface area contributed by atoms with Crippen LogP contribution in [-0.4, -0.2) is 46.4 Å². The minimum absolute atomic E-state index is 0.336. The zero-order valence-corrected chi connectivity index (χ0v) is 23.7. The molecule has 2 aromatic heterocycles. The Labute approximate surface area is 237 Å². The quantitative estimate of drug-likeness (QED) is 0.229. The molecule has 206 valence electrons. The molecule has 0 bridgehead atoms. The van der Waals surface area contributed by atoms with Gasteiger partial charge >= 0.3 is 0 Å². The third-order valence-electron chi connectivity index (χ3n) is 6.35. The van der Waals surface area contributed by atoms with Crippen molar-refractivity contribution in [2.75, 3.05) is 32.0 Å². The maximum Gasteiger partial charge on any atom is 0.130 e. The molecule has 0 spiro atoms. The molecule has 4 aromatic rings. The topological polar surface area (TPSA) is 89.3 Å². The standard InChI is InChI=1S/C27H26Cl2FN5O2.C2H6/c1-16(27-21(28)13-32-14-22(27)29)37-19-3-5-26-20(12-19)25(33-34-26)4-2-17-11-24(31)18(10-23(17)30)15-35-6-8-36-9-7-35;1-2/h2-5,10-14,16H,6-9,15,31H2,1H3,(H,33,34);1-2H3/b4-2+;. The number of hydrogen-bond acceptors (Lipinski definition) is 6. The predicted octanol–water partition coefficient (Wildman–Crippen LogP) is 7.15. The van der Waals surface area contributed by atoms with Crippen molar-refractivity contribution < 1.29 is 13.9 Å². The summed E-state index contributed by atoms with van der Waals surface area (Å²) in [7, 11) is 0. The number of nitrogens with zero attached hydrogens (tertiary/aromatic N) is 3. The molecule has 1 aliphatic heterocycles. The maximum absolute atomic E-state index is 14.9. The highest BCUT2D eigenvalue weighted by Gasteiger charge is 2.17. The predicted molar refractivity (Wildman–Crippen MR) is 157 cm³/mol. The average Bonchev–Trinajstić information content (AvgIpc) is 3.33. The van der Waals surface area contributed by atoms with Crippen molar-refractivity contribution in [3.05, 3.63) is 81.0 Å². The van der Waals surface area contributed by atoms with E-state index in [2.05, 4.69) is 20.1 Å². The Morgan fingerprint density at radius 1 is 1.13 bits per heavy atom. The number of H-pyrrole nitrogens is 1. The molecule has 1 unspecified atom stereocenters. The fourth-order valence-electron chi connectivity index (χ4n) is 4.37. The maximum atomic E-state index is 14.9. The number of nitrogens with one attached hydrogen (secondary N) is 1. The van der Waals surface area contributed by atoms with Crippen molar-refractivity contribution in [3.8, 4) is 5.75 Å². The molecular weight excluding hydrogens is 540 g/mol. The molecule has 0 amide bonds. The third-order valence-corrected chi connectivity index (χ3v) is 6.95. The molecule has 3 heterocycles. The van der Waals surface area contributed by atoms with Crippen molar-refractivity contribution in [2.45, 2.75) is 33.4 Å². The van der Waals surface area contributed by atoms with Gasteiger partial charge in [-0.25, -0.2) is 4.39 Å². The van der Waals surface area contributed by atoms with Gasteiger partial charge in [0.2, 0.25) is 0 Å². The van der Waals surface area contributed by atoms with Crippen molar-refractivity contribution in [1.29, 1.82) is 0 Å². The van der Waals surface area contributed by atoms with Crippen molar-refractivity contribution in [1.82, 2.24) is 20.1 Å². The van der Waals surface area contributed by atoms with E-state index in [1.807, 2.05) is 39.0 Å². The second kappa shape index (κ2) is 13.3. The Balaban J connectivity index is 0.00000172. The van der Waals surface area contributed by atoms with Crippen LogP contribution in [0.15, 0.2) is 42.7 Å². The largest absolute Gasteiger partial charge is 0.486 e. The van der Waals surface area contributed by atoms with Gasteiger partial charge in [0.1, 0.15) is 17.7 Å². The molecule has 3 N–H and O–H groups in total. The first-order chi connectivity index (χ1) is 18.9. The van der Waals surface area contributed by atoms with Crippen molar-refractivity contribution >= 4 is 51.9 Å². The van der Waals surface area contributed by atoms with Crippen LogP contribution in [0.4, 0.5) is 10.1 Å². The summed E-state index contributed by atoms with van der Waals surface area (Å²) < 4.78 is 26.4. The first kappa shape index (κ1) is 28.8. The molecule has 1 aliphatic rings.